The van der Waals surface area contributed by atoms with E-state index in [1.807, 2.05) is 0 Å². The van der Waals surface area contributed by atoms with Gasteiger partial charge in [0.05, 0.1) is 6.61 Å². The van der Waals surface area contributed by atoms with Crippen molar-refractivity contribution in [2.75, 3.05) is 37.7 Å². The number of esters is 1. The minimum absolute atomic E-state index is 0.121. The van der Waals surface area contributed by atoms with Crippen molar-refractivity contribution in [2.24, 2.45) is 5.92 Å². The highest BCUT2D eigenvalue weighted by molar-refractivity contribution is 7.99. The zero-order valence-electron chi connectivity index (χ0n) is 12.1. The van der Waals surface area contributed by atoms with E-state index >= 15 is 0 Å². The second-order valence-electron chi connectivity index (χ2n) is 5.33. The molecule has 20 heavy (non-hydrogen) atoms. The number of nitrogens with zero attached hydrogens (tertiary/aromatic N) is 1. The SMILES string of the molecule is CCOC(=O)C1CSCCN1C(=O)CC1CCNCC1. The van der Waals surface area contributed by atoms with Gasteiger partial charge >= 0.3 is 5.97 Å². The molecule has 2 rings (SSSR count). The number of amides is 1. The molecule has 114 valence electrons. The Balaban J connectivity index is 1.92. The van der Waals surface area contributed by atoms with Crippen molar-refractivity contribution in [3.05, 3.63) is 0 Å². The lowest BCUT2D eigenvalue weighted by molar-refractivity contribution is -0.154. The van der Waals surface area contributed by atoms with Crippen LogP contribution in [0.4, 0.5) is 0 Å². The Hall–Kier alpha value is -0.750. The first-order valence-corrected chi connectivity index (χ1v) is 8.62. The smallest absolute Gasteiger partial charge is 0.329 e. The fourth-order valence-corrected chi connectivity index (χ4v) is 3.82. The summed E-state index contributed by atoms with van der Waals surface area (Å²) >= 11 is 1.72. The summed E-state index contributed by atoms with van der Waals surface area (Å²) in [4.78, 5) is 26.2. The van der Waals surface area contributed by atoms with Crippen LogP contribution >= 0.6 is 11.8 Å². The molecule has 2 fully saturated rings. The van der Waals surface area contributed by atoms with E-state index in [0.717, 1.165) is 31.7 Å². The first-order valence-electron chi connectivity index (χ1n) is 7.47. The monoisotopic (exact) mass is 300 g/mol. The Kier molecular flexibility index (Phi) is 6.16. The Morgan fingerprint density at radius 1 is 1.35 bits per heavy atom. The maximum absolute atomic E-state index is 12.5. The second-order valence-corrected chi connectivity index (χ2v) is 6.48. The second kappa shape index (κ2) is 7.88. The fraction of sp³-hybridized carbons (Fsp3) is 0.857. The van der Waals surface area contributed by atoms with Gasteiger partial charge in [0.15, 0.2) is 0 Å². The van der Waals surface area contributed by atoms with Crippen LogP contribution in [0.5, 0.6) is 0 Å². The van der Waals surface area contributed by atoms with Gasteiger partial charge in [-0.25, -0.2) is 4.79 Å². The van der Waals surface area contributed by atoms with Gasteiger partial charge in [0.2, 0.25) is 5.91 Å². The lowest BCUT2D eigenvalue weighted by Gasteiger charge is -2.35. The highest BCUT2D eigenvalue weighted by Gasteiger charge is 2.34. The lowest BCUT2D eigenvalue weighted by atomic mass is 9.94. The third-order valence-electron chi connectivity index (χ3n) is 3.93. The number of hydrogen-bond acceptors (Lipinski definition) is 5. The van der Waals surface area contributed by atoms with Gasteiger partial charge in [0, 0.05) is 24.5 Å². The van der Waals surface area contributed by atoms with Crippen LogP contribution in [0.15, 0.2) is 0 Å². The normalized spacial score (nSPS) is 24.4. The number of piperidine rings is 1. The summed E-state index contributed by atoms with van der Waals surface area (Å²) in [6.45, 7) is 4.83. The zero-order chi connectivity index (χ0) is 14.4. The van der Waals surface area contributed by atoms with Crippen LogP contribution < -0.4 is 5.32 Å². The van der Waals surface area contributed by atoms with Gasteiger partial charge in [-0.15, -0.1) is 0 Å². The van der Waals surface area contributed by atoms with E-state index < -0.39 is 0 Å². The molecule has 0 bridgehead atoms. The highest BCUT2D eigenvalue weighted by atomic mass is 32.2. The minimum atomic E-state index is -0.386. The molecule has 5 nitrogen and oxygen atoms in total. The van der Waals surface area contributed by atoms with Crippen molar-refractivity contribution < 1.29 is 14.3 Å². The first-order chi connectivity index (χ1) is 9.72. The van der Waals surface area contributed by atoms with Gasteiger partial charge in [-0.2, -0.15) is 11.8 Å². The standard InChI is InChI=1S/C14H24N2O3S/c1-2-19-14(18)12-10-20-8-7-16(12)13(17)9-11-3-5-15-6-4-11/h11-12,15H,2-10H2,1H3. The molecule has 1 unspecified atom stereocenters. The predicted molar refractivity (Wildman–Crippen MR) is 79.7 cm³/mol. The van der Waals surface area contributed by atoms with Gasteiger partial charge < -0.3 is 15.0 Å². The van der Waals surface area contributed by atoms with Crippen molar-refractivity contribution in [2.45, 2.75) is 32.2 Å². The number of hydrogen-bond donors (Lipinski definition) is 1. The molecule has 0 aromatic rings. The number of nitrogens with one attached hydrogen (secondary N) is 1. The average Bonchev–Trinajstić information content (AvgIpc) is 2.48. The van der Waals surface area contributed by atoms with Crippen LogP contribution in [0.1, 0.15) is 26.2 Å². The van der Waals surface area contributed by atoms with E-state index in [1.165, 1.54) is 0 Å². The van der Waals surface area contributed by atoms with Crippen LogP contribution in [0, 0.1) is 5.92 Å². The zero-order valence-corrected chi connectivity index (χ0v) is 12.9. The number of ether oxygens (including phenoxy) is 1. The summed E-state index contributed by atoms with van der Waals surface area (Å²) in [5.41, 5.74) is 0. The number of rotatable bonds is 4. The number of thioether (sulfide) groups is 1. The summed E-state index contributed by atoms with van der Waals surface area (Å²) in [6, 6.07) is -0.386. The van der Waals surface area contributed by atoms with Gasteiger partial charge in [-0.05, 0) is 38.8 Å². The van der Waals surface area contributed by atoms with Gasteiger partial charge in [0.1, 0.15) is 6.04 Å². The van der Waals surface area contributed by atoms with Crippen molar-refractivity contribution >= 4 is 23.6 Å². The summed E-state index contributed by atoms with van der Waals surface area (Å²) in [5, 5.41) is 3.31. The fourth-order valence-electron chi connectivity index (χ4n) is 2.79. The highest BCUT2D eigenvalue weighted by Crippen LogP contribution is 2.22. The molecule has 1 amide bonds. The quantitative estimate of drug-likeness (QED) is 0.781. The summed E-state index contributed by atoms with van der Waals surface area (Å²) in [6.07, 6.45) is 2.68. The van der Waals surface area contributed by atoms with Crippen molar-refractivity contribution in [3.8, 4) is 0 Å². The Labute approximate surface area is 124 Å². The van der Waals surface area contributed by atoms with Gasteiger partial charge in [-0.1, -0.05) is 0 Å². The van der Waals surface area contributed by atoms with Crippen molar-refractivity contribution in [3.63, 3.8) is 0 Å². The molecule has 1 atom stereocenters. The summed E-state index contributed by atoms with van der Waals surface area (Å²) in [7, 11) is 0. The van der Waals surface area contributed by atoms with E-state index in [1.54, 1.807) is 23.6 Å². The third kappa shape index (κ3) is 4.12. The third-order valence-corrected chi connectivity index (χ3v) is 4.95. The molecule has 0 aromatic carbocycles. The number of carbonyl (C=O) groups excluding carboxylic acids is 2. The molecule has 6 heteroatoms. The van der Waals surface area contributed by atoms with Crippen LogP contribution in [-0.4, -0.2) is 60.6 Å². The van der Waals surface area contributed by atoms with E-state index in [2.05, 4.69) is 5.32 Å². The van der Waals surface area contributed by atoms with E-state index in [-0.39, 0.29) is 17.9 Å². The molecule has 2 heterocycles. The number of carbonyl (C=O) groups is 2. The first kappa shape index (κ1) is 15.6. The minimum Gasteiger partial charge on any atom is -0.464 e. The summed E-state index contributed by atoms with van der Waals surface area (Å²) < 4.78 is 5.10. The molecular formula is C14H24N2O3S. The Morgan fingerprint density at radius 3 is 2.80 bits per heavy atom. The molecule has 2 aliphatic rings. The lowest BCUT2D eigenvalue weighted by Crippen LogP contribution is -2.51. The molecule has 1 N–H and O–H groups in total. The van der Waals surface area contributed by atoms with Crippen molar-refractivity contribution in [1.82, 2.24) is 10.2 Å². The largest absolute Gasteiger partial charge is 0.464 e. The molecule has 0 aromatic heterocycles. The molecule has 0 saturated carbocycles. The molecule has 2 aliphatic heterocycles. The Morgan fingerprint density at radius 2 is 2.10 bits per heavy atom. The Bertz CT molecular complexity index is 345. The van der Waals surface area contributed by atoms with Crippen LogP contribution in [-0.2, 0) is 14.3 Å². The van der Waals surface area contributed by atoms with E-state index in [9.17, 15) is 9.59 Å². The van der Waals surface area contributed by atoms with Gasteiger partial charge in [0.25, 0.3) is 0 Å². The molecule has 0 aliphatic carbocycles. The maximum Gasteiger partial charge on any atom is 0.329 e. The topological polar surface area (TPSA) is 58.6 Å². The molecule has 2 saturated heterocycles. The van der Waals surface area contributed by atoms with Crippen LogP contribution in [0.3, 0.4) is 0 Å². The molecule has 0 radical (unpaired) electrons. The average molecular weight is 300 g/mol. The van der Waals surface area contributed by atoms with Crippen LogP contribution in [0.2, 0.25) is 0 Å². The molecular weight excluding hydrogens is 276 g/mol. The summed E-state index contributed by atoms with van der Waals surface area (Å²) in [5.74, 6) is 1.90. The van der Waals surface area contributed by atoms with Crippen molar-refractivity contribution in [1.29, 1.82) is 0 Å². The maximum atomic E-state index is 12.5. The van der Waals surface area contributed by atoms with E-state index in [0.29, 0.717) is 31.2 Å². The van der Waals surface area contributed by atoms with E-state index in [4.69, 9.17) is 4.74 Å². The predicted octanol–water partition coefficient (Wildman–Crippen LogP) is 0.883. The van der Waals surface area contributed by atoms with Crippen LogP contribution in [0.25, 0.3) is 0 Å². The molecule has 0 spiro atoms. The van der Waals surface area contributed by atoms with Gasteiger partial charge in [-0.3, -0.25) is 4.79 Å².